The summed E-state index contributed by atoms with van der Waals surface area (Å²) >= 11 is 0. The van der Waals surface area contributed by atoms with Crippen LogP contribution < -0.4 is 0 Å². The van der Waals surface area contributed by atoms with Crippen molar-refractivity contribution in [2.24, 2.45) is 28.2 Å². The van der Waals surface area contributed by atoms with Crippen LogP contribution in [0.5, 0.6) is 0 Å². The molecule has 64 heavy (non-hydrogen) atoms. The van der Waals surface area contributed by atoms with E-state index in [0.29, 0.717) is 0 Å². The Morgan fingerprint density at radius 2 is 0.734 bits per heavy atom. The molecule has 0 aromatic carbocycles. The number of hydrogen-bond acceptors (Lipinski definition) is 8. The summed E-state index contributed by atoms with van der Waals surface area (Å²) in [6, 6.07) is 12.1. The van der Waals surface area contributed by atoms with Gasteiger partial charge in [0.25, 0.3) is 0 Å². The summed E-state index contributed by atoms with van der Waals surface area (Å²) in [7, 11) is 7.81. The van der Waals surface area contributed by atoms with Crippen molar-refractivity contribution >= 4 is 0 Å². The highest BCUT2D eigenvalue weighted by Gasteiger charge is 2.12. The third-order valence-corrected chi connectivity index (χ3v) is 9.55. The van der Waals surface area contributed by atoms with Crippen LogP contribution in [0, 0.1) is 55.4 Å². The van der Waals surface area contributed by atoms with Gasteiger partial charge in [-0.2, -0.15) is 20.4 Å². The maximum atomic E-state index is 4.38. The average Bonchev–Trinajstić information content (AvgIpc) is 4.05. The molecule has 0 fully saturated rings. The van der Waals surface area contributed by atoms with Crippen LogP contribution in [0.2, 0.25) is 0 Å². The molecule has 8 rings (SSSR count). The van der Waals surface area contributed by atoms with Crippen molar-refractivity contribution < 1.29 is 0 Å². The fourth-order valence-corrected chi connectivity index (χ4v) is 6.61. The summed E-state index contributed by atoms with van der Waals surface area (Å²) in [5.74, 6) is 0. The molecule has 0 unspecified atom stereocenters. The first-order valence-corrected chi connectivity index (χ1v) is 22.4. The zero-order chi connectivity index (χ0) is 48.5. The van der Waals surface area contributed by atoms with Crippen molar-refractivity contribution in [2.75, 3.05) is 0 Å². The topological polar surface area (TPSA) is 123 Å². The van der Waals surface area contributed by atoms with Crippen LogP contribution in [0.25, 0.3) is 45.2 Å². The number of aromatic nitrogens is 12. The van der Waals surface area contributed by atoms with Crippen LogP contribution in [0.3, 0.4) is 0 Å². The minimum Gasteiger partial charge on any atom is -0.268 e. The molecule has 0 N–H and O–H groups in total. The highest BCUT2D eigenvalue weighted by Crippen LogP contribution is 2.27. The van der Waals surface area contributed by atoms with Gasteiger partial charge in [0, 0.05) is 87.8 Å². The van der Waals surface area contributed by atoms with Gasteiger partial charge in [0.15, 0.2) is 0 Å². The Morgan fingerprint density at radius 3 is 1.16 bits per heavy atom. The van der Waals surface area contributed by atoms with Crippen LogP contribution in [0.4, 0.5) is 0 Å². The lowest BCUT2D eigenvalue weighted by molar-refractivity contribution is 0.772. The van der Waals surface area contributed by atoms with Crippen molar-refractivity contribution in [1.29, 1.82) is 0 Å². The number of nitrogens with zero attached hydrogens (tertiary/aromatic N) is 12. The minimum absolute atomic E-state index is 1.02. The quantitative estimate of drug-likeness (QED) is 0.171. The molecule has 0 radical (unpaired) electrons. The van der Waals surface area contributed by atoms with Gasteiger partial charge in [-0.1, -0.05) is 61.5 Å². The Hall–Kier alpha value is -6.56. The van der Waals surface area contributed by atoms with E-state index in [0.717, 1.165) is 45.2 Å². The van der Waals surface area contributed by atoms with Crippen molar-refractivity contribution in [3.63, 3.8) is 0 Å². The van der Waals surface area contributed by atoms with E-state index in [4.69, 9.17) is 0 Å². The first-order chi connectivity index (χ1) is 30.8. The van der Waals surface area contributed by atoms with E-state index in [9.17, 15) is 0 Å². The van der Waals surface area contributed by atoms with Crippen LogP contribution in [0.15, 0.2) is 98.4 Å². The molecule has 12 heteroatoms. The molecule has 0 saturated heterocycles. The van der Waals surface area contributed by atoms with Gasteiger partial charge in [0.05, 0.1) is 53.3 Å². The second kappa shape index (κ2) is 28.9. The summed E-state index contributed by atoms with van der Waals surface area (Å²) in [4.78, 5) is 16.9. The van der Waals surface area contributed by atoms with Crippen molar-refractivity contribution in [3.8, 4) is 45.2 Å². The zero-order valence-electron chi connectivity index (χ0n) is 42.6. The Kier molecular flexibility index (Phi) is 25.1. The van der Waals surface area contributed by atoms with Gasteiger partial charge in [-0.15, -0.1) is 0 Å². The molecule has 0 saturated carbocycles. The number of aryl methyl sites for hydroxylation is 12. The summed E-state index contributed by atoms with van der Waals surface area (Å²) in [6.07, 6.45) is 18.5. The predicted molar refractivity (Wildman–Crippen MR) is 269 cm³/mol. The first-order valence-electron chi connectivity index (χ1n) is 22.4. The molecule has 8 aromatic rings. The monoisotopic (exact) mass is 869 g/mol. The van der Waals surface area contributed by atoms with E-state index in [1.54, 1.807) is 0 Å². The lowest BCUT2D eigenvalue weighted by Gasteiger charge is -2.06. The first kappa shape index (κ1) is 55.5. The highest BCUT2D eigenvalue weighted by atomic mass is 15.3. The van der Waals surface area contributed by atoms with Crippen LogP contribution in [-0.2, 0) is 28.2 Å². The van der Waals surface area contributed by atoms with E-state index >= 15 is 0 Å². The maximum Gasteiger partial charge on any atom is 0.0914 e. The molecule has 0 spiro atoms. The number of rotatable bonds is 4. The Bertz CT molecular complexity index is 2100. The third kappa shape index (κ3) is 14.8. The molecule has 344 valence electrons. The largest absolute Gasteiger partial charge is 0.268 e. The van der Waals surface area contributed by atoms with Crippen molar-refractivity contribution in [3.05, 3.63) is 143 Å². The van der Waals surface area contributed by atoms with E-state index < -0.39 is 0 Å². The van der Waals surface area contributed by atoms with Gasteiger partial charge < -0.3 is 0 Å². The fourth-order valence-electron chi connectivity index (χ4n) is 6.61. The molecule has 0 atom stereocenters. The summed E-state index contributed by atoms with van der Waals surface area (Å²) in [6.45, 7) is 32.5. The Labute approximate surface area is 384 Å². The predicted octanol–water partition coefficient (Wildman–Crippen LogP) is 12.5. The summed E-state index contributed by atoms with van der Waals surface area (Å²) in [5, 5.41) is 16.9. The van der Waals surface area contributed by atoms with Gasteiger partial charge in [-0.3, -0.25) is 38.7 Å². The molecule has 12 nitrogen and oxygen atoms in total. The van der Waals surface area contributed by atoms with Gasteiger partial charge in [0.2, 0.25) is 0 Å². The van der Waals surface area contributed by atoms with Crippen LogP contribution in [-0.4, -0.2) is 59.1 Å². The van der Waals surface area contributed by atoms with Crippen LogP contribution in [0.1, 0.15) is 100 Å². The van der Waals surface area contributed by atoms with Gasteiger partial charge in [-0.25, -0.2) is 0 Å². The molecule has 8 heterocycles. The van der Waals surface area contributed by atoms with E-state index in [2.05, 4.69) is 101 Å². The zero-order valence-corrected chi connectivity index (χ0v) is 42.6. The van der Waals surface area contributed by atoms with Gasteiger partial charge >= 0.3 is 0 Å². The highest BCUT2D eigenvalue weighted by molar-refractivity contribution is 5.67. The molecule has 0 bridgehead atoms. The normalized spacial score (nSPS) is 9.56. The lowest BCUT2D eigenvalue weighted by atomic mass is 10.1. The summed E-state index contributed by atoms with van der Waals surface area (Å²) < 4.78 is 7.54. The Balaban J connectivity index is 0.000000405. The second-order valence-electron chi connectivity index (χ2n) is 13.9. The SMILES string of the molecule is CC.CC.CC.CC.Cc1cccnc1-c1c(C)cnn1C.Cc1ccncc1-c1c(C)cnn1C.Cc1cnccc1-c1c(C)cnn1C.Cc1cnn(C)c1-c1cccnc1C. The Morgan fingerprint density at radius 1 is 0.328 bits per heavy atom. The molecule has 0 aliphatic carbocycles. The molecule has 8 aromatic heterocycles. The van der Waals surface area contributed by atoms with E-state index in [-0.39, 0.29) is 0 Å². The minimum atomic E-state index is 1.02. The second-order valence-corrected chi connectivity index (χ2v) is 13.9. The fraction of sp³-hybridized carbons (Fsp3) is 0.385. The summed E-state index contributed by atoms with van der Waals surface area (Å²) in [5.41, 5.74) is 18.5. The van der Waals surface area contributed by atoms with Gasteiger partial charge in [0.1, 0.15) is 0 Å². The lowest BCUT2D eigenvalue weighted by Crippen LogP contribution is -1.97. The van der Waals surface area contributed by atoms with Crippen molar-refractivity contribution in [2.45, 2.75) is 111 Å². The van der Waals surface area contributed by atoms with Gasteiger partial charge in [-0.05, 0) is 125 Å². The maximum absolute atomic E-state index is 4.38. The molecule has 0 amide bonds. The smallest absolute Gasteiger partial charge is 0.0914 e. The third-order valence-electron chi connectivity index (χ3n) is 9.55. The standard InChI is InChI=1S/4C11H13N3.4C2H6/c1-8-6-12-5-4-10(8)11-9(2)7-13-14(11)3;1-8-4-5-12-7-10(8)11-9(2)6-13-14(11)3;1-8-7-13-14(3)11(8)10-5-4-6-12-9(10)2;1-8-5-4-6-12-10(8)11-9(2)7-13-14(11)3;4*1-2/h4*4-7H,1-3H3;4*1-2H3. The molecule has 0 aliphatic heterocycles. The van der Waals surface area contributed by atoms with E-state index in [1.165, 1.54) is 44.6 Å². The molecule has 0 aliphatic rings. The molecular formula is C52H76N12. The average molecular weight is 869 g/mol. The van der Waals surface area contributed by atoms with E-state index in [1.807, 2.05) is 195 Å². The number of pyridine rings is 4. The molecular weight excluding hydrogens is 793 g/mol. The van der Waals surface area contributed by atoms with Crippen LogP contribution >= 0.6 is 0 Å². The number of hydrogen-bond donors (Lipinski definition) is 0. The van der Waals surface area contributed by atoms with Crippen molar-refractivity contribution in [1.82, 2.24) is 59.1 Å².